The van der Waals surface area contributed by atoms with Crippen LogP contribution >= 0.6 is 0 Å². The molecule has 0 radical (unpaired) electrons. The highest BCUT2D eigenvalue weighted by Crippen LogP contribution is 2.36. The minimum absolute atomic E-state index is 0.134. The highest BCUT2D eigenvalue weighted by Gasteiger charge is 2.27. The van der Waals surface area contributed by atoms with E-state index in [1.165, 1.54) is 6.20 Å². The lowest BCUT2D eigenvalue weighted by Crippen LogP contribution is -2.44. The highest BCUT2D eigenvalue weighted by molar-refractivity contribution is 5.83. The number of amides is 1. The molecule has 0 bridgehead atoms. The van der Waals surface area contributed by atoms with Gasteiger partial charge in [0.25, 0.3) is 0 Å². The molecular formula is C27H35FN2O4. The molecule has 0 aliphatic rings. The Labute approximate surface area is 201 Å². The quantitative estimate of drug-likeness (QED) is 0.420. The molecular weight excluding hydrogens is 435 g/mol. The number of methoxy groups -OCH3 is 1. The van der Waals surface area contributed by atoms with Crippen molar-refractivity contribution in [1.82, 2.24) is 10.6 Å². The molecule has 2 aromatic carbocycles. The summed E-state index contributed by atoms with van der Waals surface area (Å²) >= 11 is 0. The lowest BCUT2D eigenvalue weighted by molar-refractivity contribution is -0.137. The van der Waals surface area contributed by atoms with Gasteiger partial charge in [0, 0.05) is 5.56 Å². The molecule has 0 saturated carbocycles. The first-order valence-corrected chi connectivity index (χ1v) is 11.3. The van der Waals surface area contributed by atoms with E-state index >= 15 is 4.39 Å². The Bertz CT molecular complexity index is 1070. The largest absolute Gasteiger partial charge is 0.496 e. The normalized spacial score (nSPS) is 12.7. The van der Waals surface area contributed by atoms with E-state index in [1.54, 1.807) is 26.2 Å². The van der Waals surface area contributed by atoms with Crippen LogP contribution in [0.2, 0.25) is 0 Å². The number of carboxylic acids is 1. The van der Waals surface area contributed by atoms with E-state index in [1.807, 2.05) is 39.8 Å². The van der Waals surface area contributed by atoms with Crippen LogP contribution in [0.15, 0.2) is 37.0 Å². The number of carboxylic acid groups (broad SMARTS) is 1. The Morgan fingerprint density at radius 1 is 1.18 bits per heavy atom. The summed E-state index contributed by atoms with van der Waals surface area (Å²) in [7, 11) is 1.59. The van der Waals surface area contributed by atoms with Gasteiger partial charge in [-0.15, -0.1) is 0 Å². The van der Waals surface area contributed by atoms with E-state index in [0.29, 0.717) is 17.7 Å². The van der Waals surface area contributed by atoms with Crippen molar-refractivity contribution in [2.24, 2.45) is 5.92 Å². The van der Waals surface area contributed by atoms with Crippen LogP contribution in [-0.4, -0.2) is 30.1 Å². The molecule has 0 aromatic heterocycles. The fourth-order valence-electron chi connectivity index (χ4n) is 4.24. The molecule has 0 heterocycles. The van der Waals surface area contributed by atoms with Crippen LogP contribution in [0.1, 0.15) is 55.0 Å². The van der Waals surface area contributed by atoms with E-state index in [2.05, 4.69) is 17.2 Å². The molecule has 1 amide bonds. The van der Waals surface area contributed by atoms with Crippen LogP contribution in [0, 0.1) is 32.5 Å². The average molecular weight is 471 g/mol. The Kier molecular flexibility index (Phi) is 9.24. The van der Waals surface area contributed by atoms with Crippen molar-refractivity contribution in [3.63, 3.8) is 0 Å². The molecule has 3 N–H and O–H groups in total. The first kappa shape index (κ1) is 26.9. The minimum atomic E-state index is -1.14. The summed E-state index contributed by atoms with van der Waals surface area (Å²) in [5, 5.41) is 15.2. The van der Waals surface area contributed by atoms with Crippen molar-refractivity contribution in [3.8, 4) is 16.9 Å². The van der Waals surface area contributed by atoms with Crippen LogP contribution in [-0.2, 0) is 9.59 Å². The summed E-state index contributed by atoms with van der Waals surface area (Å²) in [6.45, 7) is 13.1. The molecule has 184 valence electrons. The fourth-order valence-corrected chi connectivity index (χ4v) is 4.24. The average Bonchev–Trinajstić information content (AvgIpc) is 2.74. The number of hydrogen-bond acceptors (Lipinski definition) is 4. The standard InChI is InChI=1S/C27H35FN2O4/c1-8-29-22(11-15(2)3)27(33)30-21(14-24(31)32)20-13-19(12-17(5)26(20)28)25-16(4)9-10-23(34-7)18(25)6/h8-10,12-13,15,21-22,29H,1,11,14H2,2-7H3,(H,30,33)(H,31,32)/t21-,22?/m0/s1. The minimum Gasteiger partial charge on any atom is -0.496 e. The van der Waals surface area contributed by atoms with Crippen molar-refractivity contribution in [2.45, 2.75) is 59.5 Å². The van der Waals surface area contributed by atoms with E-state index in [-0.39, 0.29) is 11.5 Å². The Morgan fingerprint density at radius 3 is 2.41 bits per heavy atom. The molecule has 0 aliphatic carbocycles. The van der Waals surface area contributed by atoms with Gasteiger partial charge in [0.1, 0.15) is 17.6 Å². The number of carbonyl (C=O) groups is 2. The smallest absolute Gasteiger partial charge is 0.305 e. The Morgan fingerprint density at radius 2 is 1.85 bits per heavy atom. The van der Waals surface area contributed by atoms with Crippen molar-refractivity contribution in [3.05, 3.63) is 65.1 Å². The van der Waals surface area contributed by atoms with Gasteiger partial charge in [0.05, 0.1) is 19.6 Å². The fraction of sp³-hybridized carbons (Fsp3) is 0.407. The third kappa shape index (κ3) is 6.37. The Hall–Kier alpha value is -3.35. The predicted molar refractivity (Wildman–Crippen MR) is 132 cm³/mol. The second-order valence-corrected chi connectivity index (χ2v) is 8.99. The molecule has 0 aliphatic heterocycles. The van der Waals surface area contributed by atoms with Crippen molar-refractivity contribution >= 4 is 11.9 Å². The molecule has 1 unspecified atom stereocenters. The number of aliphatic carboxylic acids is 1. The van der Waals surface area contributed by atoms with Gasteiger partial charge in [0.2, 0.25) is 5.91 Å². The second-order valence-electron chi connectivity index (χ2n) is 8.99. The molecule has 0 saturated heterocycles. The number of halogens is 1. The number of rotatable bonds is 11. The zero-order valence-electron chi connectivity index (χ0n) is 20.8. The maximum Gasteiger partial charge on any atom is 0.305 e. The van der Waals surface area contributed by atoms with Gasteiger partial charge in [0.15, 0.2) is 0 Å². The highest BCUT2D eigenvalue weighted by atomic mass is 19.1. The number of aryl methyl sites for hydroxylation is 2. The predicted octanol–water partition coefficient (Wildman–Crippen LogP) is 5.21. The molecule has 2 rings (SSSR count). The third-order valence-corrected chi connectivity index (χ3v) is 5.83. The van der Waals surface area contributed by atoms with Gasteiger partial charge in [-0.05, 0) is 85.3 Å². The molecule has 2 atom stereocenters. The number of hydrogen-bond donors (Lipinski definition) is 3. The van der Waals surface area contributed by atoms with Gasteiger partial charge >= 0.3 is 5.97 Å². The van der Waals surface area contributed by atoms with Crippen molar-refractivity contribution in [2.75, 3.05) is 7.11 Å². The number of ether oxygens (including phenoxy) is 1. The van der Waals surface area contributed by atoms with E-state index in [4.69, 9.17) is 4.74 Å². The lowest BCUT2D eigenvalue weighted by Gasteiger charge is -2.25. The zero-order valence-corrected chi connectivity index (χ0v) is 20.8. The Balaban J connectivity index is 2.59. The number of benzene rings is 2. The summed E-state index contributed by atoms with van der Waals surface area (Å²) < 4.78 is 20.8. The molecule has 6 nitrogen and oxygen atoms in total. The summed E-state index contributed by atoms with van der Waals surface area (Å²) in [6, 6.07) is 5.51. The summed E-state index contributed by atoms with van der Waals surface area (Å²) in [6.07, 6.45) is 1.49. The van der Waals surface area contributed by atoms with Gasteiger partial charge in [-0.25, -0.2) is 4.39 Å². The first-order valence-electron chi connectivity index (χ1n) is 11.3. The zero-order chi connectivity index (χ0) is 25.6. The third-order valence-electron chi connectivity index (χ3n) is 5.83. The van der Waals surface area contributed by atoms with Gasteiger partial charge in [-0.3, -0.25) is 9.59 Å². The monoisotopic (exact) mass is 470 g/mol. The van der Waals surface area contributed by atoms with Crippen molar-refractivity contribution in [1.29, 1.82) is 0 Å². The molecule has 7 heteroatoms. The first-order chi connectivity index (χ1) is 16.0. The van der Waals surface area contributed by atoms with Gasteiger partial charge in [-0.2, -0.15) is 0 Å². The van der Waals surface area contributed by atoms with Gasteiger partial charge < -0.3 is 20.5 Å². The van der Waals surface area contributed by atoms with E-state index in [9.17, 15) is 14.7 Å². The van der Waals surface area contributed by atoms with Crippen LogP contribution < -0.4 is 15.4 Å². The summed E-state index contributed by atoms with van der Waals surface area (Å²) in [5.74, 6) is -1.17. The molecule has 2 aromatic rings. The summed E-state index contributed by atoms with van der Waals surface area (Å²) in [5.41, 5.74) is 3.98. The van der Waals surface area contributed by atoms with Crippen LogP contribution in [0.3, 0.4) is 0 Å². The molecule has 0 spiro atoms. The van der Waals surface area contributed by atoms with Crippen LogP contribution in [0.5, 0.6) is 5.75 Å². The van der Waals surface area contributed by atoms with Crippen LogP contribution in [0.25, 0.3) is 11.1 Å². The maximum absolute atomic E-state index is 15.4. The van der Waals surface area contributed by atoms with Crippen molar-refractivity contribution < 1.29 is 23.8 Å². The summed E-state index contributed by atoms with van der Waals surface area (Å²) in [4.78, 5) is 24.7. The SMILES string of the molecule is C=CNC(CC(C)C)C(=O)N[C@@H](CC(=O)O)c1cc(-c2c(C)ccc(OC)c2C)cc(C)c1F. The topological polar surface area (TPSA) is 87.7 Å². The van der Waals surface area contributed by atoms with Crippen LogP contribution in [0.4, 0.5) is 4.39 Å². The lowest BCUT2D eigenvalue weighted by atomic mass is 9.90. The van der Waals surface area contributed by atoms with E-state index < -0.39 is 36.2 Å². The van der Waals surface area contributed by atoms with E-state index in [0.717, 1.165) is 22.3 Å². The second kappa shape index (κ2) is 11.7. The number of nitrogens with one attached hydrogen (secondary N) is 2. The maximum atomic E-state index is 15.4. The molecule has 0 fully saturated rings. The molecule has 34 heavy (non-hydrogen) atoms. The number of carbonyl (C=O) groups excluding carboxylic acids is 1. The van der Waals surface area contributed by atoms with Gasteiger partial charge in [-0.1, -0.05) is 26.5 Å².